The van der Waals surface area contributed by atoms with Crippen LogP contribution in [-0.2, 0) is 81.5 Å². The van der Waals surface area contributed by atoms with Gasteiger partial charge in [0.05, 0.1) is 18.6 Å². The van der Waals surface area contributed by atoms with Crippen molar-refractivity contribution in [1.82, 2.24) is 61.7 Å². The summed E-state index contributed by atoms with van der Waals surface area (Å²) in [5, 5.41) is 34.6. The SMILES string of the molecule is CO.C[C@@H](C(=O)N[C@H](C(=O)N1C[C@@H](NC(=O)CN)C[C@H]1C(=O)N[C@@H]1CCCc2ccccc21)C(C)(C)C)N(C)C(=O)OC(C)(C)C.C[C@@H](C(=O)N[C@H](C(=O)N1C[C@@H](NC(=O)CNC(=O)OCc2ccccc2)C[C@H]1C(=O)N[C@@H]1CCCc2ccccc21)C(C)(C)C)N(C)C(=O)OC(C)(C)C.C[C@@H](C(=O)O)N(C)C(=O)OC(C)(C)C.O=C(Cl)c1ccc(C(=O)Cl)cc1. The highest BCUT2D eigenvalue weighted by Crippen LogP contribution is 2.35. The summed E-state index contributed by atoms with van der Waals surface area (Å²) in [6.45, 7) is 30.4. The summed E-state index contributed by atoms with van der Waals surface area (Å²) in [7, 11) is 5.30. The number of benzene rings is 4. The first-order valence-corrected chi connectivity index (χ1v) is 42.5. The van der Waals surface area contributed by atoms with Crippen LogP contribution < -0.4 is 43.0 Å². The van der Waals surface area contributed by atoms with Gasteiger partial charge in [-0.2, -0.15) is 0 Å². The summed E-state index contributed by atoms with van der Waals surface area (Å²) < 4.78 is 21.0. The lowest BCUT2D eigenvalue weighted by Crippen LogP contribution is -2.60. The Bertz CT molecular complexity index is 4390. The first-order valence-electron chi connectivity index (χ1n) is 41.8. The molecule has 0 spiro atoms. The lowest BCUT2D eigenvalue weighted by molar-refractivity contribution is -0.144. The van der Waals surface area contributed by atoms with E-state index in [2.05, 4.69) is 43.3 Å². The molecule has 0 bridgehead atoms. The largest absolute Gasteiger partial charge is 0.480 e. The van der Waals surface area contributed by atoms with Gasteiger partial charge in [0.25, 0.3) is 10.5 Å². The molecule has 696 valence electrons. The van der Waals surface area contributed by atoms with Crippen LogP contribution in [0.25, 0.3) is 0 Å². The predicted molar refractivity (Wildman–Crippen MR) is 474 cm³/mol. The van der Waals surface area contributed by atoms with Crippen molar-refractivity contribution in [2.24, 2.45) is 16.6 Å². The van der Waals surface area contributed by atoms with E-state index in [-0.39, 0.29) is 75.4 Å². The molecular formula is C90H131Cl2N13O21. The minimum absolute atomic E-state index is 0.0157. The van der Waals surface area contributed by atoms with Crippen LogP contribution in [0.2, 0.25) is 0 Å². The normalized spacial score (nSPS) is 18.2. The Labute approximate surface area is 749 Å². The van der Waals surface area contributed by atoms with Gasteiger partial charge in [-0.25, -0.2) is 24.0 Å². The number of aliphatic hydroxyl groups excluding tert-OH is 1. The van der Waals surface area contributed by atoms with Gasteiger partial charge in [0.2, 0.25) is 47.3 Å². The molecule has 2 aliphatic heterocycles. The zero-order chi connectivity index (χ0) is 95.4. The van der Waals surface area contributed by atoms with E-state index < -0.39 is 152 Å². The zero-order valence-corrected chi connectivity index (χ0v) is 78.1. The number of hydrogen-bond donors (Lipinski definition) is 10. The number of nitrogens with two attached hydrogens (primary N) is 1. The molecule has 11 N–H and O–H groups in total. The Hall–Kier alpha value is -11.0. The van der Waals surface area contributed by atoms with Gasteiger partial charge >= 0.3 is 30.3 Å². The minimum Gasteiger partial charge on any atom is -0.480 e. The number of nitrogens with zero attached hydrogens (tertiary/aromatic N) is 5. The lowest BCUT2D eigenvalue weighted by atomic mass is 9.85. The van der Waals surface area contributed by atoms with Crippen LogP contribution in [0.4, 0.5) is 19.2 Å². The molecule has 0 aromatic heterocycles. The van der Waals surface area contributed by atoms with Crippen molar-refractivity contribution in [3.63, 3.8) is 0 Å². The Morgan fingerprint density at radius 1 is 0.484 bits per heavy atom. The number of halogens is 2. The standard InChI is InChI=1S/C40H56N6O8.C32H50N6O6.C9H17NO4.C8H4Cl2O2.CH4O/c1-25(45(8)38(52)54-40(5,6)7)34(48)44-33(39(2,3)4)36(50)46-23-28(42-32(47)22-41-37(51)53-24-26-15-10-9-11-16-26)21-31(46)35(49)43-30-20-14-18-27-17-12-13-19-29(27)30;1-19(37(8)30(43)44-32(5,6)7)27(40)36-26(31(2,3)4)29(42)38-18-21(34-25(39)17-33)16-24(38)28(41)35-23-15-11-13-20-12-9-10-14-22(20)23;1-6(7(11)12)10(5)8(13)14-9(2,3)4;9-7(11)5-1-2-6(4-3-5)8(10)12;1-2/h9-13,15-17,19,25,28,30-31,33H,14,18,20-24H2,1-8H3,(H,41,51)(H,42,47)(H,43,49)(H,44,48);9-10,12,14,19,21,23-24,26H,11,13,15-18,33H2,1-8H3,(H,34,39)(H,35,41)(H,36,40);6H,1-5H3,(H,11,12);1-4H;2H,1H3/t25-,28-,30+,31-,33+;19-,21-,23+,24-,26+;6-;;/m000../s1. The topological polar surface area (TPSA) is 460 Å². The monoisotopic (exact) mass is 1800 g/mol. The number of hydrogen-bond acceptors (Lipinski definition) is 21. The number of nitrogens with one attached hydrogen (secondary N) is 7. The van der Waals surface area contributed by atoms with E-state index in [0.29, 0.717) is 11.1 Å². The van der Waals surface area contributed by atoms with Crippen LogP contribution in [0.3, 0.4) is 0 Å². The molecule has 0 radical (unpaired) electrons. The molecule has 0 saturated carbocycles. The number of rotatable bonds is 23. The highest BCUT2D eigenvalue weighted by Gasteiger charge is 2.49. The molecule has 2 saturated heterocycles. The van der Waals surface area contributed by atoms with Crippen LogP contribution in [0, 0.1) is 10.8 Å². The number of fused-ring (bicyclic) bond motifs is 2. The zero-order valence-electron chi connectivity index (χ0n) is 76.6. The summed E-state index contributed by atoms with van der Waals surface area (Å²) >= 11 is 10.4. The molecule has 36 heteroatoms. The van der Waals surface area contributed by atoms with E-state index in [4.69, 9.17) is 58.1 Å². The second-order valence-electron chi connectivity index (χ2n) is 36.3. The van der Waals surface area contributed by atoms with Crippen molar-refractivity contribution in [3.8, 4) is 0 Å². The number of carbonyl (C=O) groups is 15. The number of alkyl carbamates (subject to hydrolysis) is 1. The van der Waals surface area contributed by atoms with Crippen molar-refractivity contribution in [2.75, 3.05) is 54.4 Å². The van der Waals surface area contributed by atoms with Crippen molar-refractivity contribution in [3.05, 3.63) is 142 Å². The third-order valence-corrected chi connectivity index (χ3v) is 21.1. The second-order valence-corrected chi connectivity index (χ2v) is 37.0. The molecule has 0 unspecified atom stereocenters. The number of likely N-dealkylation sites (N-methyl/N-ethyl adjacent to an activating group) is 3. The first kappa shape index (κ1) is 107. The number of amides is 12. The van der Waals surface area contributed by atoms with Crippen molar-refractivity contribution in [1.29, 1.82) is 0 Å². The minimum atomic E-state index is -1.10. The van der Waals surface area contributed by atoms with Crippen LogP contribution >= 0.6 is 23.2 Å². The molecule has 4 aliphatic rings. The van der Waals surface area contributed by atoms with E-state index in [1.54, 1.807) is 90.0 Å². The second kappa shape index (κ2) is 48.1. The average Bonchev–Trinajstić information content (AvgIpc) is 1.65. The Morgan fingerprint density at radius 2 is 0.825 bits per heavy atom. The fraction of sp³-hybridized carbons (Fsp3) is 0.567. The summed E-state index contributed by atoms with van der Waals surface area (Å²) in [5.74, 6) is -4.74. The summed E-state index contributed by atoms with van der Waals surface area (Å²) in [6.07, 6.45) is 2.75. The van der Waals surface area contributed by atoms with E-state index in [0.717, 1.165) is 77.7 Å². The van der Waals surface area contributed by atoms with Crippen molar-refractivity contribution in [2.45, 2.75) is 266 Å². The van der Waals surface area contributed by atoms with Gasteiger partial charge in [-0.05, 0) is 221 Å². The van der Waals surface area contributed by atoms with Crippen molar-refractivity contribution >= 4 is 111 Å². The van der Waals surface area contributed by atoms with Gasteiger partial charge in [0.1, 0.15) is 72.2 Å². The first-order chi connectivity index (χ1) is 58.5. The molecule has 34 nitrogen and oxygen atoms in total. The third-order valence-electron chi connectivity index (χ3n) is 20.7. The van der Waals surface area contributed by atoms with E-state index in [9.17, 15) is 71.9 Å². The molecule has 2 aliphatic carbocycles. The van der Waals surface area contributed by atoms with Crippen LogP contribution in [0.15, 0.2) is 103 Å². The molecule has 2 fully saturated rings. The molecule has 2 heterocycles. The summed E-state index contributed by atoms with van der Waals surface area (Å²) in [5.41, 5.74) is 7.77. The number of ether oxygens (including phenoxy) is 4. The van der Waals surface area contributed by atoms with Gasteiger partial charge in [-0.1, -0.05) is 120 Å². The number of carboxylic acids is 1. The number of aliphatic carboxylic acids is 1. The quantitative estimate of drug-likeness (QED) is 0.0244. The van der Waals surface area contributed by atoms with Crippen LogP contribution in [0.5, 0.6) is 0 Å². The molecule has 4 aromatic carbocycles. The number of aliphatic hydroxyl groups is 1. The number of carbonyl (C=O) groups excluding carboxylic acids is 14. The van der Waals surface area contributed by atoms with Gasteiger partial charge in [0, 0.05) is 64.6 Å². The Morgan fingerprint density at radius 3 is 1.16 bits per heavy atom. The smallest absolute Gasteiger partial charge is 0.410 e. The van der Waals surface area contributed by atoms with Gasteiger partial charge in [-0.3, -0.25) is 62.6 Å². The number of aryl methyl sites for hydroxylation is 2. The number of carboxylic acid groups (broad SMARTS) is 1. The molecule has 11 atom stereocenters. The van der Waals surface area contributed by atoms with Gasteiger partial charge in [0.15, 0.2) is 0 Å². The van der Waals surface area contributed by atoms with Crippen molar-refractivity contribution < 1.29 is 101 Å². The molecule has 8 rings (SSSR count). The van der Waals surface area contributed by atoms with Crippen LogP contribution in [-0.4, -0.2) is 248 Å². The maximum absolute atomic E-state index is 14.5. The van der Waals surface area contributed by atoms with E-state index in [1.165, 1.54) is 79.5 Å². The highest BCUT2D eigenvalue weighted by atomic mass is 35.5. The molecule has 4 aromatic rings. The van der Waals surface area contributed by atoms with Crippen LogP contribution in [0.1, 0.15) is 224 Å². The molecule has 126 heavy (non-hydrogen) atoms. The lowest BCUT2D eigenvalue weighted by Gasteiger charge is -2.37. The molecular weight excluding hydrogens is 1670 g/mol. The third kappa shape index (κ3) is 34.1. The summed E-state index contributed by atoms with van der Waals surface area (Å²) in [6, 6.07) is 22.5. The van der Waals surface area contributed by atoms with E-state index >= 15 is 0 Å². The average molecular weight is 1800 g/mol. The number of likely N-dealkylation sites (tertiary alicyclic amines) is 2. The molecule has 12 amide bonds. The Kier molecular flexibility index (Phi) is 41.0. The fourth-order valence-corrected chi connectivity index (χ4v) is 13.8. The predicted octanol–water partition coefficient (Wildman–Crippen LogP) is 9.37. The summed E-state index contributed by atoms with van der Waals surface area (Å²) in [4.78, 5) is 196. The fourth-order valence-electron chi connectivity index (χ4n) is 13.6. The maximum atomic E-state index is 14.5. The van der Waals surface area contributed by atoms with E-state index in [1.807, 2.05) is 93.6 Å². The Balaban J connectivity index is 0.000000408. The van der Waals surface area contributed by atoms with Gasteiger partial charge in [-0.15, -0.1) is 0 Å². The van der Waals surface area contributed by atoms with Gasteiger partial charge < -0.3 is 81.9 Å². The highest BCUT2D eigenvalue weighted by molar-refractivity contribution is 6.68. The maximum Gasteiger partial charge on any atom is 0.410 e.